The number of rotatable bonds is 5. The zero-order chi connectivity index (χ0) is 21.5. The van der Waals surface area contributed by atoms with Gasteiger partial charge in [0.15, 0.2) is 0 Å². The Hall–Kier alpha value is -3.99. The highest BCUT2D eigenvalue weighted by atomic mass is 15.3. The number of nitrogens with zero attached hydrogens (tertiary/aromatic N) is 6. The van der Waals surface area contributed by atoms with E-state index in [2.05, 4.69) is 43.2 Å². The molecule has 1 aliphatic rings. The summed E-state index contributed by atoms with van der Waals surface area (Å²) in [5.41, 5.74) is 4.67. The van der Waals surface area contributed by atoms with Crippen LogP contribution >= 0.6 is 0 Å². The Bertz CT molecular complexity index is 1440. The number of aromatic amines is 2. The molecule has 2 N–H and O–H groups in total. The second-order valence-corrected chi connectivity index (χ2v) is 8.52. The van der Waals surface area contributed by atoms with Crippen molar-refractivity contribution < 1.29 is 0 Å². The molecule has 0 bridgehead atoms. The SMILES string of the molecule is N#CCC([C@H]1CCC(c2ccc3cc[nH]c3n2)C1)n1cc(-c2ncnc3[nH]ccc23)cn1. The van der Waals surface area contributed by atoms with Gasteiger partial charge in [0.1, 0.15) is 17.6 Å². The van der Waals surface area contributed by atoms with Crippen LogP contribution in [0.25, 0.3) is 33.3 Å². The molecule has 158 valence electrons. The first kappa shape index (κ1) is 18.8. The standard InChI is InChI=1S/C24H22N8/c25-8-5-21(17-2-1-16(11-17)20-4-3-15-6-9-26-23(15)31-20)32-13-18(12-30-32)22-19-7-10-27-24(19)29-14-28-22/h3-4,6-7,9-10,12-14,16-17,21H,1-2,5,11H2,(H,26,31)(H,27,28,29)/t16?,17-,21?/m0/s1. The lowest BCUT2D eigenvalue weighted by molar-refractivity contribution is 0.312. The first-order valence-electron chi connectivity index (χ1n) is 10.9. The number of hydrogen-bond donors (Lipinski definition) is 2. The van der Waals surface area contributed by atoms with Gasteiger partial charge in [-0.15, -0.1) is 0 Å². The fourth-order valence-electron chi connectivity index (χ4n) is 5.12. The first-order valence-corrected chi connectivity index (χ1v) is 10.9. The highest BCUT2D eigenvalue weighted by Crippen LogP contribution is 2.44. The lowest BCUT2D eigenvalue weighted by Crippen LogP contribution is -2.18. The molecule has 0 spiro atoms. The first-order chi connectivity index (χ1) is 15.8. The minimum absolute atomic E-state index is 0.0384. The Morgan fingerprint density at radius 2 is 2.00 bits per heavy atom. The summed E-state index contributed by atoms with van der Waals surface area (Å²) >= 11 is 0. The van der Waals surface area contributed by atoms with Gasteiger partial charge in [-0.25, -0.2) is 15.0 Å². The van der Waals surface area contributed by atoms with Gasteiger partial charge in [0, 0.05) is 46.5 Å². The zero-order valence-electron chi connectivity index (χ0n) is 17.4. The fraction of sp³-hybridized carbons (Fsp3) is 0.292. The van der Waals surface area contributed by atoms with Crippen LogP contribution in [0.5, 0.6) is 0 Å². The number of nitrogens with one attached hydrogen (secondary N) is 2. The third-order valence-corrected chi connectivity index (χ3v) is 6.74. The molecule has 8 heteroatoms. The molecule has 6 rings (SSSR count). The quantitative estimate of drug-likeness (QED) is 0.425. The zero-order valence-corrected chi connectivity index (χ0v) is 17.4. The highest BCUT2D eigenvalue weighted by molar-refractivity contribution is 5.90. The van der Waals surface area contributed by atoms with Crippen molar-refractivity contribution in [3.63, 3.8) is 0 Å². The van der Waals surface area contributed by atoms with Crippen molar-refractivity contribution in [2.24, 2.45) is 5.92 Å². The maximum absolute atomic E-state index is 9.54. The third-order valence-electron chi connectivity index (χ3n) is 6.74. The number of fused-ring (bicyclic) bond motifs is 2. The molecule has 0 radical (unpaired) electrons. The van der Waals surface area contributed by atoms with Gasteiger partial charge in [0.2, 0.25) is 0 Å². The predicted molar refractivity (Wildman–Crippen MR) is 121 cm³/mol. The van der Waals surface area contributed by atoms with Crippen LogP contribution in [-0.2, 0) is 0 Å². The lowest BCUT2D eigenvalue weighted by Gasteiger charge is -2.22. The Balaban J connectivity index is 1.27. The maximum atomic E-state index is 9.54. The molecule has 2 unspecified atom stereocenters. The largest absolute Gasteiger partial charge is 0.346 e. The van der Waals surface area contributed by atoms with E-state index in [1.807, 2.05) is 41.6 Å². The summed E-state index contributed by atoms with van der Waals surface area (Å²) in [6.07, 6.45) is 12.8. The van der Waals surface area contributed by atoms with Crippen molar-refractivity contribution in [2.45, 2.75) is 37.6 Å². The molecule has 0 amide bonds. The molecule has 1 saturated carbocycles. The summed E-state index contributed by atoms with van der Waals surface area (Å²) in [5, 5.41) is 16.3. The van der Waals surface area contributed by atoms with Crippen molar-refractivity contribution in [3.8, 4) is 17.3 Å². The van der Waals surface area contributed by atoms with E-state index < -0.39 is 0 Å². The minimum atomic E-state index is 0.0384. The van der Waals surface area contributed by atoms with E-state index in [0.29, 0.717) is 18.3 Å². The molecule has 0 aliphatic heterocycles. The molecule has 5 aromatic rings. The monoisotopic (exact) mass is 422 g/mol. The van der Waals surface area contributed by atoms with E-state index in [4.69, 9.17) is 4.98 Å². The van der Waals surface area contributed by atoms with Crippen molar-refractivity contribution in [1.82, 2.24) is 34.7 Å². The van der Waals surface area contributed by atoms with Gasteiger partial charge in [0.25, 0.3) is 0 Å². The average molecular weight is 422 g/mol. The van der Waals surface area contributed by atoms with Crippen molar-refractivity contribution in [3.05, 3.63) is 61.1 Å². The van der Waals surface area contributed by atoms with Gasteiger partial charge in [-0.05, 0) is 49.4 Å². The Morgan fingerprint density at radius 1 is 1.09 bits per heavy atom. The molecular weight excluding hydrogens is 400 g/mol. The summed E-state index contributed by atoms with van der Waals surface area (Å²) in [6, 6.07) is 10.7. The molecule has 0 aromatic carbocycles. The van der Waals surface area contributed by atoms with Crippen LogP contribution in [0.2, 0.25) is 0 Å². The van der Waals surface area contributed by atoms with Crippen molar-refractivity contribution >= 4 is 22.1 Å². The number of pyridine rings is 1. The molecular formula is C24H22N8. The van der Waals surface area contributed by atoms with Crippen molar-refractivity contribution in [2.75, 3.05) is 0 Å². The smallest absolute Gasteiger partial charge is 0.141 e. The normalized spacial score (nSPS) is 19.5. The molecule has 0 saturated heterocycles. The average Bonchev–Trinajstić information content (AvgIpc) is 3.62. The fourth-order valence-corrected chi connectivity index (χ4v) is 5.12. The topological polar surface area (TPSA) is 112 Å². The summed E-state index contributed by atoms with van der Waals surface area (Å²) in [4.78, 5) is 19.9. The van der Waals surface area contributed by atoms with Crippen LogP contribution in [0.1, 0.15) is 43.3 Å². The molecule has 5 heterocycles. The summed E-state index contributed by atoms with van der Waals surface area (Å²) in [5.74, 6) is 0.788. The van der Waals surface area contributed by atoms with E-state index in [1.54, 1.807) is 6.33 Å². The van der Waals surface area contributed by atoms with E-state index >= 15 is 0 Å². The number of H-pyrrole nitrogens is 2. The van der Waals surface area contributed by atoms with Gasteiger partial charge < -0.3 is 9.97 Å². The highest BCUT2D eigenvalue weighted by Gasteiger charge is 2.34. The minimum Gasteiger partial charge on any atom is -0.346 e. The molecule has 5 aromatic heterocycles. The van der Waals surface area contributed by atoms with Gasteiger partial charge in [0.05, 0.1) is 30.4 Å². The van der Waals surface area contributed by atoms with Gasteiger partial charge in [-0.2, -0.15) is 10.4 Å². The second-order valence-electron chi connectivity index (χ2n) is 8.52. The van der Waals surface area contributed by atoms with Crippen LogP contribution in [0.3, 0.4) is 0 Å². The third kappa shape index (κ3) is 3.14. The Kier molecular flexibility index (Phi) is 4.46. The predicted octanol–water partition coefficient (Wildman–Crippen LogP) is 4.74. The summed E-state index contributed by atoms with van der Waals surface area (Å²) in [6.45, 7) is 0. The second kappa shape index (κ2) is 7.61. The number of nitriles is 1. The summed E-state index contributed by atoms with van der Waals surface area (Å²) < 4.78 is 1.97. The van der Waals surface area contributed by atoms with E-state index in [1.165, 1.54) is 0 Å². The van der Waals surface area contributed by atoms with E-state index in [0.717, 1.165) is 58.3 Å². The van der Waals surface area contributed by atoms with Crippen LogP contribution < -0.4 is 0 Å². The molecule has 3 atom stereocenters. The molecule has 1 aliphatic carbocycles. The van der Waals surface area contributed by atoms with Gasteiger partial charge in [-0.3, -0.25) is 4.68 Å². The van der Waals surface area contributed by atoms with E-state index in [-0.39, 0.29) is 6.04 Å². The van der Waals surface area contributed by atoms with Crippen molar-refractivity contribution in [1.29, 1.82) is 5.26 Å². The Labute approximate surface area is 184 Å². The molecule has 1 fully saturated rings. The van der Waals surface area contributed by atoms with Gasteiger partial charge >= 0.3 is 0 Å². The van der Waals surface area contributed by atoms with E-state index in [9.17, 15) is 5.26 Å². The van der Waals surface area contributed by atoms with Crippen LogP contribution in [0, 0.1) is 17.2 Å². The number of aromatic nitrogens is 7. The molecule has 32 heavy (non-hydrogen) atoms. The van der Waals surface area contributed by atoms with Crippen LogP contribution in [0.15, 0.2) is 55.4 Å². The molecule has 8 nitrogen and oxygen atoms in total. The number of hydrogen-bond acceptors (Lipinski definition) is 5. The maximum Gasteiger partial charge on any atom is 0.141 e. The van der Waals surface area contributed by atoms with Crippen LogP contribution in [-0.4, -0.2) is 34.7 Å². The van der Waals surface area contributed by atoms with Gasteiger partial charge in [-0.1, -0.05) is 0 Å². The van der Waals surface area contributed by atoms with Crippen LogP contribution in [0.4, 0.5) is 0 Å². The lowest BCUT2D eigenvalue weighted by atomic mass is 9.93. The Morgan fingerprint density at radius 3 is 2.94 bits per heavy atom. The summed E-state index contributed by atoms with van der Waals surface area (Å²) in [7, 11) is 0.